The van der Waals surface area contributed by atoms with Gasteiger partial charge in [-0.15, -0.1) is 5.10 Å². The number of carbonyl (C=O) groups is 1. The van der Waals surface area contributed by atoms with Crippen molar-refractivity contribution >= 4 is 28.1 Å². The van der Waals surface area contributed by atoms with Crippen molar-refractivity contribution in [3.63, 3.8) is 0 Å². The van der Waals surface area contributed by atoms with Gasteiger partial charge in [0.2, 0.25) is 11.6 Å². The predicted molar refractivity (Wildman–Crippen MR) is 94.7 cm³/mol. The van der Waals surface area contributed by atoms with Crippen LogP contribution in [0.25, 0.3) is 16.6 Å². The second-order valence-electron chi connectivity index (χ2n) is 5.80. The van der Waals surface area contributed by atoms with Gasteiger partial charge >= 0.3 is 0 Å². The molecular weight excluding hydrogens is 334 g/mol. The molecule has 0 aliphatic carbocycles. The summed E-state index contributed by atoms with van der Waals surface area (Å²) >= 11 is 0. The second-order valence-corrected chi connectivity index (χ2v) is 5.80. The third-order valence-corrected chi connectivity index (χ3v) is 3.98. The van der Waals surface area contributed by atoms with Gasteiger partial charge in [-0.05, 0) is 41.1 Å². The Morgan fingerprint density at radius 2 is 2.08 bits per heavy atom. The fourth-order valence-electron chi connectivity index (χ4n) is 2.75. The van der Waals surface area contributed by atoms with Crippen LogP contribution in [-0.4, -0.2) is 35.9 Å². The molecule has 0 aliphatic heterocycles. The van der Waals surface area contributed by atoms with Gasteiger partial charge in [0.05, 0.1) is 16.6 Å². The lowest BCUT2D eigenvalue weighted by Gasteiger charge is -2.06. The Morgan fingerprint density at radius 1 is 1.19 bits per heavy atom. The number of benzene rings is 1. The predicted octanol–water partition coefficient (Wildman–Crippen LogP) is 1.32. The SMILES string of the molecule is O=C(CCCc1nc2ccccc2c(=O)[nH]1)Nc1cccn2nnnc12. The molecule has 0 atom stereocenters. The molecule has 3 heterocycles. The molecule has 3 aromatic heterocycles. The highest BCUT2D eigenvalue weighted by atomic mass is 16.1. The Morgan fingerprint density at radius 3 is 3.00 bits per heavy atom. The average molecular weight is 349 g/mol. The minimum absolute atomic E-state index is 0.149. The lowest BCUT2D eigenvalue weighted by molar-refractivity contribution is -0.116. The quantitative estimate of drug-likeness (QED) is 0.561. The van der Waals surface area contributed by atoms with Crippen molar-refractivity contribution in [2.24, 2.45) is 0 Å². The molecule has 9 nitrogen and oxygen atoms in total. The Balaban J connectivity index is 1.39. The molecule has 26 heavy (non-hydrogen) atoms. The fourth-order valence-corrected chi connectivity index (χ4v) is 2.75. The summed E-state index contributed by atoms with van der Waals surface area (Å²) in [7, 11) is 0. The van der Waals surface area contributed by atoms with E-state index in [-0.39, 0.29) is 11.5 Å². The number of hydrogen-bond acceptors (Lipinski definition) is 6. The minimum atomic E-state index is -0.166. The molecule has 0 radical (unpaired) electrons. The van der Waals surface area contributed by atoms with Crippen molar-refractivity contribution < 1.29 is 4.79 Å². The lowest BCUT2D eigenvalue weighted by Crippen LogP contribution is -2.14. The van der Waals surface area contributed by atoms with E-state index in [0.717, 1.165) is 0 Å². The molecule has 0 saturated heterocycles. The number of nitrogens with zero attached hydrogens (tertiary/aromatic N) is 5. The summed E-state index contributed by atoms with van der Waals surface area (Å²) in [5.41, 5.74) is 1.53. The van der Waals surface area contributed by atoms with Crippen molar-refractivity contribution in [3.05, 3.63) is 58.8 Å². The average Bonchev–Trinajstić information content (AvgIpc) is 3.12. The van der Waals surface area contributed by atoms with E-state index in [1.807, 2.05) is 6.07 Å². The summed E-state index contributed by atoms with van der Waals surface area (Å²) in [6.45, 7) is 0. The Labute approximate surface area is 147 Å². The van der Waals surface area contributed by atoms with Gasteiger partial charge in [0.15, 0.2) is 0 Å². The van der Waals surface area contributed by atoms with Crippen LogP contribution in [0.3, 0.4) is 0 Å². The van der Waals surface area contributed by atoms with Crippen LogP contribution in [0.15, 0.2) is 47.4 Å². The van der Waals surface area contributed by atoms with Crippen molar-refractivity contribution in [1.29, 1.82) is 0 Å². The van der Waals surface area contributed by atoms with Crippen molar-refractivity contribution in [2.75, 3.05) is 5.32 Å². The van der Waals surface area contributed by atoms with Crippen molar-refractivity contribution in [2.45, 2.75) is 19.3 Å². The standard InChI is InChI=1S/C17H15N7O2/c25-15(19-13-7-4-10-24-16(13)21-22-23-24)9-3-8-14-18-12-6-2-1-5-11(12)17(26)20-14/h1-2,4-7,10H,3,8-9H2,(H,19,25)(H,18,20,26). The molecule has 0 fully saturated rings. The van der Waals surface area contributed by atoms with E-state index in [4.69, 9.17) is 0 Å². The van der Waals surface area contributed by atoms with E-state index < -0.39 is 0 Å². The van der Waals surface area contributed by atoms with E-state index in [1.54, 1.807) is 36.5 Å². The first-order valence-corrected chi connectivity index (χ1v) is 8.15. The molecule has 0 saturated carbocycles. The molecule has 0 aliphatic rings. The van der Waals surface area contributed by atoms with Gasteiger partial charge in [-0.1, -0.05) is 12.1 Å². The number of rotatable bonds is 5. The molecular formula is C17H15N7O2. The maximum Gasteiger partial charge on any atom is 0.258 e. The molecule has 4 rings (SSSR count). The number of hydrogen-bond donors (Lipinski definition) is 2. The van der Waals surface area contributed by atoms with Crippen molar-refractivity contribution in [1.82, 2.24) is 30.0 Å². The van der Waals surface area contributed by atoms with Gasteiger partial charge in [-0.3, -0.25) is 9.59 Å². The Kier molecular flexibility index (Phi) is 4.10. The minimum Gasteiger partial charge on any atom is -0.323 e. The second kappa shape index (κ2) is 6.71. The van der Waals surface area contributed by atoms with Crippen molar-refractivity contribution in [3.8, 4) is 0 Å². The first-order valence-electron chi connectivity index (χ1n) is 8.15. The van der Waals surface area contributed by atoms with Gasteiger partial charge in [0, 0.05) is 19.0 Å². The number of H-pyrrole nitrogens is 1. The highest BCUT2D eigenvalue weighted by molar-refractivity contribution is 5.94. The van der Waals surface area contributed by atoms with Crippen LogP contribution >= 0.6 is 0 Å². The summed E-state index contributed by atoms with van der Waals surface area (Å²) < 4.78 is 1.49. The van der Waals surface area contributed by atoms with Crippen LogP contribution in [0, 0.1) is 0 Å². The maximum absolute atomic E-state index is 12.2. The smallest absolute Gasteiger partial charge is 0.258 e. The number of tetrazole rings is 1. The number of nitrogens with one attached hydrogen (secondary N) is 2. The molecule has 130 valence electrons. The van der Waals surface area contributed by atoms with Crippen LogP contribution in [-0.2, 0) is 11.2 Å². The summed E-state index contributed by atoms with van der Waals surface area (Å²) in [6.07, 6.45) is 3.05. The van der Waals surface area contributed by atoms with E-state index in [2.05, 4.69) is 30.8 Å². The highest BCUT2D eigenvalue weighted by Crippen LogP contribution is 2.13. The summed E-state index contributed by atoms with van der Waals surface area (Å²) in [5, 5.41) is 14.6. The molecule has 0 unspecified atom stereocenters. The molecule has 1 aromatic carbocycles. The van der Waals surface area contributed by atoms with Gasteiger partial charge in [-0.25, -0.2) is 4.98 Å². The monoisotopic (exact) mass is 349 g/mol. The number of pyridine rings is 1. The van der Waals surface area contributed by atoms with Gasteiger partial charge in [0.25, 0.3) is 5.56 Å². The summed E-state index contributed by atoms with van der Waals surface area (Å²) in [5.74, 6) is 0.425. The van der Waals surface area contributed by atoms with Crippen LogP contribution in [0.4, 0.5) is 5.69 Å². The third kappa shape index (κ3) is 3.14. The molecule has 1 amide bonds. The maximum atomic E-state index is 12.2. The number of amides is 1. The molecule has 0 spiro atoms. The highest BCUT2D eigenvalue weighted by Gasteiger charge is 2.09. The first-order chi connectivity index (χ1) is 12.7. The zero-order valence-electron chi connectivity index (χ0n) is 13.7. The number of aromatic amines is 1. The van der Waals surface area contributed by atoms with E-state index in [1.165, 1.54) is 4.52 Å². The summed E-state index contributed by atoms with van der Waals surface area (Å²) in [6, 6.07) is 10.7. The van der Waals surface area contributed by atoms with Gasteiger partial charge in [0.1, 0.15) is 5.82 Å². The Hall–Kier alpha value is -3.62. The molecule has 2 N–H and O–H groups in total. The molecule has 9 heteroatoms. The molecule has 4 aromatic rings. The van der Waals surface area contributed by atoms with E-state index in [9.17, 15) is 9.59 Å². The first kappa shape index (κ1) is 15.9. The van der Waals surface area contributed by atoms with Crippen LogP contribution in [0.5, 0.6) is 0 Å². The summed E-state index contributed by atoms with van der Waals surface area (Å²) in [4.78, 5) is 31.4. The third-order valence-electron chi connectivity index (χ3n) is 3.98. The van der Waals surface area contributed by atoms with E-state index in [0.29, 0.717) is 47.3 Å². The zero-order chi connectivity index (χ0) is 17.9. The lowest BCUT2D eigenvalue weighted by atomic mass is 10.2. The zero-order valence-corrected chi connectivity index (χ0v) is 13.7. The van der Waals surface area contributed by atoms with Crippen LogP contribution in [0.2, 0.25) is 0 Å². The van der Waals surface area contributed by atoms with E-state index >= 15 is 0 Å². The largest absolute Gasteiger partial charge is 0.323 e. The number of aromatic nitrogens is 6. The van der Waals surface area contributed by atoms with Gasteiger partial charge < -0.3 is 10.3 Å². The normalized spacial score (nSPS) is 11.1. The van der Waals surface area contributed by atoms with Gasteiger partial charge in [-0.2, -0.15) is 4.52 Å². The number of para-hydroxylation sites is 1. The topological polar surface area (TPSA) is 118 Å². The number of fused-ring (bicyclic) bond motifs is 2. The number of anilines is 1. The molecule has 0 bridgehead atoms. The van der Waals surface area contributed by atoms with Crippen LogP contribution < -0.4 is 10.9 Å². The number of carbonyl (C=O) groups excluding carboxylic acids is 1. The number of aryl methyl sites for hydroxylation is 1. The van der Waals surface area contributed by atoms with Crippen LogP contribution in [0.1, 0.15) is 18.7 Å². The fraction of sp³-hybridized carbons (Fsp3) is 0.176. The Bertz CT molecular complexity index is 1150.